The monoisotopic (exact) mass is 474 g/mol. The fourth-order valence-electron chi connectivity index (χ4n) is 4.19. The number of amides is 2. The fourth-order valence-corrected chi connectivity index (χ4v) is 4.32. The molecule has 0 radical (unpaired) electrons. The van der Waals surface area contributed by atoms with E-state index in [-0.39, 0.29) is 32.0 Å². The Hall–Kier alpha value is -3.26. The molecule has 1 aliphatic heterocycles. The molecule has 1 saturated heterocycles. The van der Waals surface area contributed by atoms with Gasteiger partial charge in [-0.15, -0.1) is 0 Å². The van der Waals surface area contributed by atoms with Crippen molar-refractivity contribution in [2.24, 2.45) is 5.41 Å². The van der Waals surface area contributed by atoms with Crippen LogP contribution in [0.25, 0.3) is 0 Å². The lowest BCUT2D eigenvalue weighted by Crippen LogP contribution is -2.47. The van der Waals surface area contributed by atoms with Crippen LogP contribution in [0.5, 0.6) is 5.75 Å². The summed E-state index contributed by atoms with van der Waals surface area (Å²) in [6.07, 6.45) is -0.797. The van der Waals surface area contributed by atoms with Crippen LogP contribution >= 0.6 is 11.6 Å². The molecule has 33 heavy (non-hydrogen) atoms. The van der Waals surface area contributed by atoms with E-state index in [4.69, 9.17) is 25.8 Å². The lowest BCUT2D eigenvalue weighted by atomic mass is 9.76. The molecule has 1 aliphatic rings. The van der Waals surface area contributed by atoms with E-state index in [2.05, 4.69) is 5.32 Å². The average molecular weight is 475 g/mol. The maximum absolute atomic E-state index is 13.3. The van der Waals surface area contributed by atoms with E-state index in [0.717, 1.165) is 5.56 Å². The number of esters is 1. The number of nitrogens with zero attached hydrogens (tertiary/aromatic N) is 1. The fraction of sp³-hybridized carbons (Fsp3) is 0.375. The van der Waals surface area contributed by atoms with Crippen molar-refractivity contribution in [3.05, 3.63) is 64.7 Å². The minimum absolute atomic E-state index is 0.127. The predicted octanol–water partition coefficient (Wildman–Crippen LogP) is 3.73. The van der Waals surface area contributed by atoms with E-state index in [1.165, 1.54) is 7.11 Å². The molecular formula is C24H27ClN2O6. The molecule has 3 rings (SSSR count). The van der Waals surface area contributed by atoms with E-state index in [9.17, 15) is 14.4 Å². The van der Waals surface area contributed by atoms with Gasteiger partial charge in [-0.1, -0.05) is 35.9 Å². The molecule has 0 aromatic heterocycles. The Balaban J connectivity index is 2.05. The first-order valence-corrected chi connectivity index (χ1v) is 10.9. The van der Waals surface area contributed by atoms with Gasteiger partial charge in [0, 0.05) is 24.5 Å². The van der Waals surface area contributed by atoms with Crippen LogP contribution in [0.1, 0.15) is 30.5 Å². The lowest BCUT2D eigenvalue weighted by molar-refractivity contribution is -0.154. The van der Waals surface area contributed by atoms with E-state index < -0.39 is 23.5 Å². The number of rotatable bonds is 8. The van der Waals surface area contributed by atoms with Gasteiger partial charge >= 0.3 is 12.1 Å². The molecule has 0 bridgehead atoms. The van der Waals surface area contributed by atoms with Gasteiger partial charge in [0.25, 0.3) is 0 Å². The third kappa shape index (κ3) is 5.22. The number of hydrogen-bond donors (Lipinski definition) is 1. The zero-order valence-corrected chi connectivity index (χ0v) is 19.6. The second-order valence-electron chi connectivity index (χ2n) is 7.72. The van der Waals surface area contributed by atoms with Crippen molar-refractivity contribution in [1.29, 1.82) is 0 Å². The van der Waals surface area contributed by atoms with Crippen LogP contribution in [0.15, 0.2) is 48.5 Å². The van der Waals surface area contributed by atoms with Crippen molar-refractivity contribution >= 4 is 29.6 Å². The van der Waals surface area contributed by atoms with E-state index in [0.29, 0.717) is 16.3 Å². The summed E-state index contributed by atoms with van der Waals surface area (Å²) in [5.41, 5.74) is 0.219. The normalized spacial score (nSPS) is 19.8. The number of alkyl carbamates (subject to hydrolysis) is 1. The lowest BCUT2D eigenvalue weighted by Gasteiger charge is -2.36. The maximum atomic E-state index is 13.3. The largest absolute Gasteiger partial charge is 0.497 e. The molecule has 1 N–H and O–H groups in total. The van der Waals surface area contributed by atoms with Crippen LogP contribution < -0.4 is 10.1 Å². The minimum Gasteiger partial charge on any atom is -0.497 e. The highest BCUT2D eigenvalue weighted by molar-refractivity contribution is 6.30. The molecule has 2 atom stereocenters. The number of carbonyl (C=O) groups excluding carboxylic acids is 3. The SMILES string of the molecule is CCOC(=O)NC[C@@]1(C(=O)OC)CC(=O)N(Cc2ccc(Cl)cc2)[C@@H]1c1ccc(OC)cc1. The summed E-state index contributed by atoms with van der Waals surface area (Å²) < 4.78 is 15.4. The zero-order chi connectivity index (χ0) is 24.0. The van der Waals surface area contributed by atoms with Crippen molar-refractivity contribution in [2.75, 3.05) is 27.4 Å². The highest BCUT2D eigenvalue weighted by Crippen LogP contribution is 2.49. The second kappa shape index (κ2) is 10.6. The molecule has 0 spiro atoms. The molecule has 0 aliphatic carbocycles. The highest BCUT2D eigenvalue weighted by Gasteiger charge is 2.58. The summed E-state index contributed by atoms with van der Waals surface area (Å²) in [5.74, 6) is -0.186. The van der Waals surface area contributed by atoms with Crippen molar-refractivity contribution in [2.45, 2.75) is 25.9 Å². The smallest absolute Gasteiger partial charge is 0.407 e. The molecule has 176 valence electrons. The molecule has 9 heteroatoms. The third-order valence-electron chi connectivity index (χ3n) is 5.74. The van der Waals surface area contributed by atoms with Crippen molar-refractivity contribution in [3.63, 3.8) is 0 Å². The van der Waals surface area contributed by atoms with Gasteiger partial charge in [0.2, 0.25) is 5.91 Å². The molecule has 1 fully saturated rings. The van der Waals surface area contributed by atoms with Crippen LogP contribution in [0.3, 0.4) is 0 Å². The van der Waals surface area contributed by atoms with Gasteiger partial charge in [-0.25, -0.2) is 4.79 Å². The summed E-state index contributed by atoms with van der Waals surface area (Å²) >= 11 is 6.01. The van der Waals surface area contributed by atoms with Crippen LogP contribution in [-0.2, 0) is 25.6 Å². The number of carbonyl (C=O) groups is 3. The Bertz CT molecular complexity index is 995. The first-order valence-electron chi connectivity index (χ1n) is 10.5. The number of hydrogen-bond acceptors (Lipinski definition) is 6. The number of halogens is 1. The standard InChI is InChI=1S/C24H27ClN2O6/c1-4-33-23(30)26-15-24(22(29)32-3)13-20(28)27(14-16-5-9-18(25)10-6-16)21(24)17-7-11-19(31-2)12-8-17/h5-12,21H,4,13-15H2,1-3H3,(H,26,30)/t21-,24+/m1/s1. The Kier molecular flexibility index (Phi) is 7.81. The van der Waals surface area contributed by atoms with Crippen molar-refractivity contribution in [1.82, 2.24) is 10.2 Å². The predicted molar refractivity (Wildman–Crippen MR) is 122 cm³/mol. The number of likely N-dealkylation sites (tertiary alicyclic amines) is 1. The molecule has 8 nitrogen and oxygen atoms in total. The van der Waals surface area contributed by atoms with Crippen molar-refractivity contribution in [3.8, 4) is 5.75 Å². The van der Waals surface area contributed by atoms with E-state index in [1.807, 2.05) is 12.1 Å². The van der Waals surface area contributed by atoms with Gasteiger partial charge in [-0.05, 0) is 42.3 Å². The van der Waals surface area contributed by atoms with Gasteiger partial charge in [0.05, 0.1) is 26.9 Å². The highest BCUT2D eigenvalue weighted by atomic mass is 35.5. The average Bonchev–Trinajstić information content (AvgIpc) is 3.11. The Morgan fingerprint density at radius 1 is 1.12 bits per heavy atom. The molecule has 0 unspecified atom stereocenters. The maximum Gasteiger partial charge on any atom is 0.407 e. The van der Waals surface area contributed by atoms with E-state index >= 15 is 0 Å². The summed E-state index contributed by atoms with van der Waals surface area (Å²) in [5, 5.41) is 3.22. The summed E-state index contributed by atoms with van der Waals surface area (Å²) in [4.78, 5) is 40.1. The van der Waals surface area contributed by atoms with E-state index in [1.54, 1.807) is 55.3 Å². The summed E-state index contributed by atoms with van der Waals surface area (Å²) in [6, 6.07) is 13.6. The first kappa shape index (κ1) is 24.4. The number of benzene rings is 2. The van der Waals surface area contributed by atoms with Gasteiger partial charge in [0.15, 0.2) is 0 Å². The molecule has 1 heterocycles. The van der Waals surface area contributed by atoms with Crippen LogP contribution in [0.4, 0.5) is 4.79 Å². The van der Waals surface area contributed by atoms with Crippen LogP contribution in [0.2, 0.25) is 5.02 Å². The van der Waals surface area contributed by atoms with Gasteiger partial charge in [0.1, 0.15) is 11.2 Å². The zero-order valence-electron chi connectivity index (χ0n) is 18.8. The Labute approximate surface area is 197 Å². The summed E-state index contributed by atoms with van der Waals surface area (Å²) in [7, 11) is 2.83. The summed E-state index contributed by atoms with van der Waals surface area (Å²) in [6.45, 7) is 1.99. The molecule has 2 amide bonds. The molecule has 0 saturated carbocycles. The molecule has 2 aromatic rings. The van der Waals surface area contributed by atoms with Crippen LogP contribution in [0, 0.1) is 5.41 Å². The topological polar surface area (TPSA) is 94.2 Å². The Morgan fingerprint density at radius 3 is 2.36 bits per heavy atom. The minimum atomic E-state index is -1.35. The van der Waals surface area contributed by atoms with Gasteiger partial charge in [-0.3, -0.25) is 9.59 Å². The second-order valence-corrected chi connectivity index (χ2v) is 8.16. The van der Waals surface area contributed by atoms with Gasteiger partial charge < -0.3 is 24.4 Å². The van der Waals surface area contributed by atoms with Gasteiger partial charge in [-0.2, -0.15) is 0 Å². The first-order chi connectivity index (χ1) is 15.8. The molecular weight excluding hydrogens is 448 g/mol. The van der Waals surface area contributed by atoms with Crippen LogP contribution in [-0.4, -0.2) is 50.2 Å². The third-order valence-corrected chi connectivity index (χ3v) is 5.99. The number of ether oxygens (including phenoxy) is 3. The quantitative estimate of drug-likeness (QED) is 0.586. The number of methoxy groups -OCH3 is 2. The Morgan fingerprint density at radius 2 is 1.79 bits per heavy atom. The van der Waals surface area contributed by atoms with Crippen molar-refractivity contribution < 1.29 is 28.6 Å². The molecule has 2 aromatic carbocycles. The number of nitrogens with one attached hydrogen (secondary N) is 1.